The predicted molar refractivity (Wildman–Crippen MR) is 205 cm³/mol. The van der Waals surface area contributed by atoms with Crippen molar-refractivity contribution in [1.82, 2.24) is 4.98 Å². The van der Waals surface area contributed by atoms with Crippen LogP contribution < -0.4 is 5.73 Å². The Bertz CT molecular complexity index is 1440. The van der Waals surface area contributed by atoms with Gasteiger partial charge < -0.3 is 10.8 Å². The highest BCUT2D eigenvalue weighted by Gasteiger charge is 2.09. The van der Waals surface area contributed by atoms with E-state index in [-0.39, 0.29) is 0 Å². The third kappa shape index (κ3) is 13.4. The summed E-state index contributed by atoms with van der Waals surface area (Å²) in [5, 5.41) is 10.7. The van der Waals surface area contributed by atoms with E-state index in [0.29, 0.717) is 11.6 Å². The number of benzene rings is 3. The number of pyridine rings is 1. The quantitative estimate of drug-likeness (QED) is 0.173. The molecule has 3 heteroatoms. The summed E-state index contributed by atoms with van der Waals surface area (Å²) in [6, 6.07) is 22.3. The first-order chi connectivity index (χ1) is 22.1. The fourth-order valence-electron chi connectivity index (χ4n) is 5.59. The molecule has 3 nitrogen and oxygen atoms in total. The van der Waals surface area contributed by atoms with Gasteiger partial charge in [0.05, 0.1) is 5.52 Å². The largest absolute Gasteiger partial charge is 0.508 e. The first-order valence-electron chi connectivity index (χ1n) is 17.8. The number of nitrogen functional groups attached to an aromatic ring is 1. The lowest BCUT2D eigenvalue weighted by Crippen LogP contribution is -1.94. The first-order valence-corrected chi connectivity index (χ1v) is 17.8. The molecule has 0 radical (unpaired) electrons. The number of anilines is 1. The summed E-state index contributed by atoms with van der Waals surface area (Å²) < 4.78 is 0. The van der Waals surface area contributed by atoms with E-state index in [0.717, 1.165) is 44.6 Å². The van der Waals surface area contributed by atoms with Crippen molar-refractivity contribution in [3.8, 4) is 16.9 Å². The number of hydrogen-bond acceptors (Lipinski definition) is 3. The minimum Gasteiger partial charge on any atom is -0.508 e. The van der Waals surface area contributed by atoms with Crippen LogP contribution in [-0.2, 0) is 12.8 Å². The number of allylic oxidation sites excluding steroid dienone is 1. The van der Waals surface area contributed by atoms with Gasteiger partial charge in [0.2, 0.25) is 0 Å². The normalized spacial score (nSPS) is 11.5. The van der Waals surface area contributed by atoms with E-state index < -0.39 is 0 Å². The maximum Gasteiger partial charge on any atom is 0.124 e. The number of phenolic OH excluding ortho intramolecular Hbond substituents is 1. The number of unbranched alkanes of at least 4 members (excludes halogenated alkanes) is 6. The van der Waals surface area contributed by atoms with E-state index in [2.05, 4.69) is 76.5 Å². The van der Waals surface area contributed by atoms with Crippen LogP contribution in [0, 0.1) is 12.8 Å². The van der Waals surface area contributed by atoms with Gasteiger partial charge >= 0.3 is 0 Å². The van der Waals surface area contributed by atoms with Crippen LogP contribution in [-0.4, -0.2) is 10.1 Å². The van der Waals surface area contributed by atoms with Crippen LogP contribution in [0.4, 0.5) is 5.82 Å². The highest BCUT2D eigenvalue weighted by molar-refractivity contribution is 5.95. The molecule has 1 aliphatic carbocycles. The lowest BCUT2D eigenvalue weighted by atomic mass is 9.97. The third-order valence-corrected chi connectivity index (χ3v) is 8.42. The number of aryl methyl sites for hydroxylation is 3. The summed E-state index contributed by atoms with van der Waals surface area (Å²) in [7, 11) is 0. The van der Waals surface area contributed by atoms with Crippen molar-refractivity contribution in [2.45, 2.75) is 126 Å². The monoisotopic (exact) mass is 622 g/mol. The lowest BCUT2D eigenvalue weighted by molar-refractivity contribution is 0.471. The number of rotatable bonds is 10. The molecule has 0 aliphatic heterocycles. The first kappa shape index (κ1) is 38.6. The van der Waals surface area contributed by atoms with Crippen LogP contribution in [0.2, 0.25) is 0 Å². The molecular formula is C43H62N2O. The molecule has 3 N–H and O–H groups in total. The second-order valence-electron chi connectivity index (χ2n) is 13.2. The van der Waals surface area contributed by atoms with E-state index in [1.54, 1.807) is 17.2 Å². The predicted octanol–water partition coefficient (Wildman–Crippen LogP) is 12.9. The molecule has 5 rings (SSSR count). The zero-order valence-corrected chi connectivity index (χ0v) is 30.1. The number of hydrogen-bond donors (Lipinski definition) is 2. The zero-order chi connectivity index (χ0) is 33.9. The molecule has 0 fully saturated rings. The van der Waals surface area contributed by atoms with Gasteiger partial charge in [0.1, 0.15) is 11.6 Å². The van der Waals surface area contributed by atoms with Gasteiger partial charge in [-0.2, -0.15) is 0 Å². The Morgan fingerprint density at radius 2 is 1.37 bits per heavy atom. The fourth-order valence-corrected chi connectivity index (χ4v) is 5.59. The van der Waals surface area contributed by atoms with Crippen molar-refractivity contribution in [2.75, 3.05) is 5.73 Å². The SMILES string of the molecule is C=C(C)c1cc(N)nc2ccc(-c3ccc(O)c(C)c3)cc12.CCCCC(C)C.CCCCCCCC.c1ccc2c(c1)CCC2. The molecule has 0 amide bonds. The van der Waals surface area contributed by atoms with Crippen molar-refractivity contribution < 1.29 is 5.11 Å². The molecule has 1 aliphatic rings. The number of nitrogens with two attached hydrogens (primary N) is 1. The van der Waals surface area contributed by atoms with E-state index in [1.807, 2.05) is 44.2 Å². The van der Waals surface area contributed by atoms with E-state index >= 15 is 0 Å². The Kier molecular flexibility index (Phi) is 17.8. The molecule has 250 valence electrons. The summed E-state index contributed by atoms with van der Waals surface area (Å²) in [4.78, 5) is 4.38. The second-order valence-corrected chi connectivity index (χ2v) is 13.2. The maximum atomic E-state index is 9.67. The second kappa shape index (κ2) is 21.3. The summed E-state index contributed by atoms with van der Waals surface area (Å²) >= 11 is 0. The van der Waals surface area contributed by atoms with E-state index in [1.165, 1.54) is 77.0 Å². The number of nitrogens with zero attached hydrogens (tertiary/aromatic N) is 1. The summed E-state index contributed by atoms with van der Waals surface area (Å²) in [6.07, 6.45) is 16.6. The highest BCUT2D eigenvalue weighted by Crippen LogP contribution is 2.31. The molecule has 0 spiro atoms. The van der Waals surface area contributed by atoms with Crippen LogP contribution >= 0.6 is 0 Å². The molecule has 1 aromatic heterocycles. The topological polar surface area (TPSA) is 59.1 Å². The van der Waals surface area contributed by atoms with Gasteiger partial charge in [-0.3, -0.25) is 0 Å². The Labute approximate surface area is 281 Å². The van der Waals surface area contributed by atoms with Gasteiger partial charge in [-0.05, 0) is 103 Å². The molecule has 0 unspecified atom stereocenters. The zero-order valence-electron chi connectivity index (χ0n) is 30.1. The Balaban J connectivity index is 0.000000252. The van der Waals surface area contributed by atoms with Crippen LogP contribution in [0.3, 0.4) is 0 Å². The summed E-state index contributed by atoms with van der Waals surface area (Å²) in [5.41, 5.74) is 14.8. The Hall–Kier alpha value is -3.59. The van der Waals surface area contributed by atoms with Crippen molar-refractivity contribution in [2.24, 2.45) is 5.92 Å². The molecule has 0 saturated heterocycles. The van der Waals surface area contributed by atoms with Gasteiger partial charge in [-0.1, -0.05) is 141 Å². The van der Waals surface area contributed by atoms with Crippen molar-refractivity contribution >= 4 is 22.3 Å². The molecule has 3 aromatic carbocycles. The molecule has 1 heterocycles. The number of aromatic hydroxyl groups is 1. The van der Waals surface area contributed by atoms with Gasteiger partial charge in [0.25, 0.3) is 0 Å². The average Bonchev–Trinajstić information content (AvgIpc) is 3.53. The molecule has 46 heavy (non-hydrogen) atoms. The molecule has 0 bridgehead atoms. The number of fused-ring (bicyclic) bond motifs is 2. The Morgan fingerprint density at radius 3 is 1.87 bits per heavy atom. The minimum absolute atomic E-state index is 0.307. The molecule has 0 atom stereocenters. The minimum atomic E-state index is 0.307. The average molecular weight is 623 g/mol. The molecule has 0 saturated carbocycles. The standard InChI is InChI=1S/C19H18N2O.C9H10.C8H18.C7H16/c1-11(2)15-10-19(20)21-17-6-4-14(9-16(15)17)13-5-7-18(22)12(3)8-13;1-2-5-9-7-3-6-8(9)4-1;1-3-5-7-8-6-4-2;1-4-5-6-7(2)3/h4-10,22H,1H2,2-3H3,(H2,20,21);1-2,4-5H,3,6-7H2;3-8H2,1-2H3;7H,4-6H2,1-3H3. The number of aromatic nitrogens is 1. The van der Waals surface area contributed by atoms with Gasteiger partial charge in [0.15, 0.2) is 0 Å². The van der Waals surface area contributed by atoms with Crippen molar-refractivity contribution in [3.63, 3.8) is 0 Å². The smallest absolute Gasteiger partial charge is 0.124 e. The molecule has 4 aromatic rings. The van der Waals surface area contributed by atoms with Crippen molar-refractivity contribution in [1.29, 1.82) is 0 Å². The van der Waals surface area contributed by atoms with Gasteiger partial charge in [-0.25, -0.2) is 4.98 Å². The van der Waals surface area contributed by atoms with Crippen LogP contribution in [0.1, 0.15) is 128 Å². The summed E-state index contributed by atoms with van der Waals surface area (Å²) in [6.45, 7) is 19.2. The summed E-state index contributed by atoms with van der Waals surface area (Å²) in [5.74, 6) is 1.71. The van der Waals surface area contributed by atoms with E-state index in [9.17, 15) is 5.11 Å². The van der Waals surface area contributed by atoms with Crippen LogP contribution in [0.25, 0.3) is 27.6 Å². The fraction of sp³-hybridized carbons (Fsp3) is 0.465. The van der Waals surface area contributed by atoms with Crippen LogP contribution in [0.5, 0.6) is 5.75 Å². The lowest BCUT2D eigenvalue weighted by Gasteiger charge is -2.10. The third-order valence-electron chi connectivity index (χ3n) is 8.42. The van der Waals surface area contributed by atoms with Gasteiger partial charge in [0, 0.05) is 5.39 Å². The van der Waals surface area contributed by atoms with Crippen LogP contribution in [0.15, 0.2) is 73.3 Å². The van der Waals surface area contributed by atoms with Gasteiger partial charge in [-0.15, -0.1) is 0 Å². The highest BCUT2D eigenvalue weighted by atomic mass is 16.3. The molecular weight excluding hydrogens is 560 g/mol. The Morgan fingerprint density at radius 1 is 0.804 bits per heavy atom. The number of phenols is 1. The van der Waals surface area contributed by atoms with E-state index in [4.69, 9.17) is 5.73 Å². The van der Waals surface area contributed by atoms with Crippen molar-refractivity contribution in [3.05, 3.63) is 95.6 Å². The maximum absolute atomic E-state index is 9.67.